The molecule has 0 N–H and O–H groups in total. The van der Waals surface area contributed by atoms with Gasteiger partial charge in [-0.25, -0.2) is 0 Å². The fourth-order valence-electron chi connectivity index (χ4n) is 1.68. The summed E-state index contributed by atoms with van der Waals surface area (Å²) in [6.45, 7) is 6.98. The maximum atomic E-state index is 4.51. The Hall–Kier alpha value is 0.350. The summed E-state index contributed by atoms with van der Waals surface area (Å²) in [5.41, 5.74) is 0. The molecule has 0 aromatic carbocycles. The zero-order valence-corrected chi connectivity index (χ0v) is 7.36. The SMILES string of the molecule is CC1CC(S)C(C)C1C. The molecule has 0 amide bonds. The van der Waals surface area contributed by atoms with Gasteiger partial charge in [-0.3, -0.25) is 0 Å². The molecule has 54 valence electrons. The highest BCUT2D eigenvalue weighted by atomic mass is 32.1. The van der Waals surface area contributed by atoms with Crippen molar-refractivity contribution < 1.29 is 0 Å². The van der Waals surface area contributed by atoms with Crippen molar-refractivity contribution in [2.45, 2.75) is 32.4 Å². The zero-order chi connectivity index (χ0) is 7.02. The molecule has 1 aliphatic carbocycles. The van der Waals surface area contributed by atoms with Gasteiger partial charge in [0.15, 0.2) is 0 Å². The first-order valence-corrected chi connectivity index (χ1v) is 4.32. The molecule has 4 unspecified atom stereocenters. The first kappa shape index (κ1) is 7.46. The van der Waals surface area contributed by atoms with Crippen LogP contribution >= 0.6 is 12.6 Å². The van der Waals surface area contributed by atoms with E-state index in [2.05, 4.69) is 33.4 Å². The van der Waals surface area contributed by atoms with E-state index < -0.39 is 0 Å². The number of hydrogen-bond donors (Lipinski definition) is 1. The molecular weight excluding hydrogens is 128 g/mol. The van der Waals surface area contributed by atoms with Crippen molar-refractivity contribution in [1.29, 1.82) is 0 Å². The van der Waals surface area contributed by atoms with Gasteiger partial charge in [-0.05, 0) is 24.2 Å². The van der Waals surface area contributed by atoms with E-state index in [1.807, 2.05) is 0 Å². The van der Waals surface area contributed by atoms with Gasteiger partial charge in [0.2, 0.25) is 0 Å². The predicted molar refractivity (Wildman–Crippen MR) is 44.9 cm³/mol. The van der Waals surface area contributed by atoms with E-state index in [0.29, 0.717) is 5.25 Å². The number of rotatable bonds is 0. The summed E-state index contributed by atoms with van der Waals surface area (Å²) in [5, 5.41) is 0.662. The van der Waals surface area contributed by atoms with Gasteiger partial charge in [0.05, 0.1) is 0 Å². The maximum absolute atomic E-state index is 4.51. The fourth-order valence-corrected chi connectivity index (χ4v) is 2.28. The minimum atomic E-state index is 0.662. The molecular formula is C8H16S. The molecule has 0 radical (unpaired) electrons. The van der Waals surface area contributed by atoms with E-state index >= 15 is 0 Å². The van der Waals surface area contributed by atoms with Gasteiger partial charge in [-0.15, -0.1) is 0 Å². The Morgan fingerprint density at radius 2 is 1.67 bits per heavy atom. The van der Waals surface area contributed by atoms with E-state index in [0.717, 1.165) is 17.8 Å². The standard InChI is InChI=1S/C8H16S/c1-5-4-8(9)7(3)6(5)2/h5-9H,4H2,1-3H3. The first-order chi connectivity index (χ1) is 4.13. The molecule has 0 spiro atoms. The topological polar surface area (TPSA) is 0 Å². The number of thiol groups is 1. The van der Waals surface area contributed by atoms with Gasteiger partial charge in [0, 0.05) is 5.25 Å². The average Bonchev–Trinajstić information content (AvgIpc) is 1.98. The smallest absolute Gasteiger partial charge is 0.00477 e. The summed E-state index contributed by atoms with van der Waals surface area (Å²) < 4.78 is 0. The molecule has 1 heteroatoms. The summed E-state index contributed by atoms with van der Waals surface area (Å²) in [7, 11) is 0. The average molecular weight is 144 g/mol. The van der Waals surface area contributed by atoms with Gasteiger partial charge in [0.25, 0.3) is 0 Å². The molecule has 1 saturated carbocycles. The Morgan fingerprint density at radius 3 is 1.78 bits per heavy atom. The Labute approximate surface area is 63.4 Å². The molecule has 0 aromatic heterocycles. The van der Waals surface area contributed by atoms with Crippen LogP contribution in [0.3, 0.4) is 0 Å². The van der Waals surface area contributed by atoms with Crippen LogP contribution in [0.15, 0.2) is 0 Å². The fraction of sp³-hybridized carbons (Fsp3) is 1.00. The third-order valence-corrected chi connectivity index (χ3v) is 3.63. The maximum Gasteiger partial charge on any atom is 0.00477 e. The highest BCUT2D eigenvalue weighted by Gasteiger charge is 2.32. The molecule has 9 heavy (non-hydrogen) atoms. The van der Waals surface area contributed by atoms with Crippen LogP contribution in [0, 0.1) is 17.8 Å². The van der Waals surface area contributed by atoms with Gasteiger partial charge in [-0.1, -0.05) is 20.8 Å². The van der Waals surface area contributed by atoms with Crippen molar-refractivity contribution in [3.8, 4) is 0 Å². The number of hydrogen-bond acceptors (Lipinski definition) is 1. The quantitative estimate of drug-likeness (QED) is 0.496. The molecule has 1 aliphatic rings. The van der Waals surface area contributed by atoms with E-state index in [9.17, 15) is 0 Å². The monoisotopic (exact) mass is 144 g/mol. The van der Waals surface area contributed by atoms with Gasteiger partial charge in [-0.2, -0.15) is 12.6 Å². The van der Waals surface area contributed by atoms with Crippen molar-refractivity contribution in [2.75, 3.05) is 0 Å². The van der Waals surface area contributed by atoms with Crippen LogP contribution in [0.5, 0.6) is 0 Å². The lowest BCUT2D eigenvalue weighted by molar-refractivity contribution is 0.382. The lowest BCUT2D eigenvalue weighted by Gasteiger charge is -2.13. The van der Waals surface area contributed by atoms with Crippen molar-refractivity contribution in [1.82, 2.24) is 0 Å². The molecule has 0 aromatic rings. The Balaban J connectivity index is 2.54. The van der Waals surface area contributed by atoms with Crippen molar-refractivity contribution in [2.24, 2.45) is 17.8 Å². The minimum Gasteiger partial charge on any atom is -0.176 e. The Kier molecular flexibility index (Phi) is 2.10. The van der Waals surface area contributed by atoms with E-state index in [4.69, 9.17) is 0 Å². The van der Waals surface area contributed by atoms with E-state index in [1.165, 1.54) is 6.42 Å². The molecule has 0 heterocycles. The van der Waals surface area contributed by atoms with Crippen LogP contribution in [0.2, 0.25) is 0 Å². The predicted octanol–water partition coefficient (Wildman–Crippen LogP) is 2.60. The molecule has 0 nitrogen and oxygen atoms in total. The second kappa shape index (κ2) is 2.53. The van der Waals surface area contributed by atoms with Crippen LogP contribution in [0.4, 0.5) is 0 Å². The highest BCUT2D eigenvalue weighted by molar-refractivity contribution is 7.81. The second-order valence-electron chi connectivity index (χ2n) is 3.50. The van der Waals surface area contributed by atoms with Crippen molar-refractivity contribution in [3.63, 3.8) is 0 Å². The van der Waals surface area contributed by atoms with Crippen LogP contribution in [0.25, 0.3) is 0 Å². The van der Waals surface area contributed by atoms with E-state index in [-0.39, 0.29) is 0 Å². The van der Waals surface area contributed by atoms with Crippen LogP contribution < -0.4 is 0 Å². The van der Waals surface area contributed by atoms with Crippen molar-refractivity contribution in [3.05, 3.63) is 0 Å². The van der Waals surface area contributed by atoms with Crippen molar-refractivity contribution >= 4 is 12.6 Å². The molecule has 0 bridgehead atoms. The second-order valence-corrected chi connectivity index (χ2v) is 4.16. The Bertz CT molecular complexity index is 88.7. The summed E-state index contributed by atoms with van der Waals surface area (Å²) >= 11 is 4.51. The third kappa shape index (κ3) is 1.26. The lowest BCUT2D eigenvalue weighted by Crippen LogP contribution is -2.09. The summed E-state index contributed by atoms with van der Waals surface area (Å²) in [6, 6.07) is 0. The molecule has 1 rings (SSSR count). The molecule has 0 saturated heterocycles. The van der Waals surface area contributed by atoms with Crippen LogP contribution in [0.1, 0.15) is 27.2 Å². The van der Waals surface area contributed by atoms with Gasteiger partial charge < -0.3 is 0 Å². The molecule has 4 atom stereocenters. The highest BCUT2D eigenvalue weighted by Crippen LogP contribution is 2.38. The van der Waals surface area contributed by atoms with Crippen LogP contribution in [-0.2, 0) is 0 Å². The summed E-state index contributed by atoms with van der Waals surface area (Å²) in [4.78, 5) is 0. The van der Waals surface area contributed by atoms with E-state index in [1.54, 1.807) is 0 Å². The first-order valence-electron chi connectivity index (χ1n) is 3.81. The van der Waals surface area contributed by atoms with Gasteiger partial charge >= 0.3 is 0 Å². The Morgan fingerprint density at radius 1 is 1.11 bits per heavy atom. The molecule has 0 aliphatic heterocycles. The zero-order valence-electron chi connectivity index (χ0n) is 6.46. The lowest BCUT2D eigenvalue weighted by atomic mass is 9.94. The normalized spacial score (nSPS) is 52.0. The summed E-state index contributed by atoms with van der Waals surface area (Å²) in [6.07, 6.45) is 1.31. The van der Waals surface area contributed by atoms with Gasteiger partial charge in [0.1, 0.15) is 0 Å². The molecule has 1 fully saturated rings. The third-order valence-electron chi connectivity index (χ3n) is 2.95. The minimum absolute atomic E-state index is 0.662. The van der Waals surface area contributed by atoms with Crippen LogP contribution in [-0.4, -0.2) is 5.25 Å². The summed E-state index contributed by atoms with van der Waals surface area (Å²) in [5.74, 6) is 2.60. The largest absolute Gasteiger partial charge is 0.176 e.